The molecule has 0 bridgehead atoms. The monoisotopic (exact) mass is 327 g/mol. The molecule has 1 unspecified atom stereocenters. The smallest absolute Gasteiger partial charge is 0.225 e. The van der Waals surface area contributed by atoms with Gasteiger partial charge in [0.2, 0.25) is 5.91 Å². The molecule has 0 saturated carbocycles. The molecule has 1 aliphatic rings. The number of rotatable bonds is 4. The quantitative estimate of drug-likeness (QED) is 0.739. The molecule has 1 saturated heterocycles. The third-order valence-corrected chi connectivity index (χ3v) is 5.33. The van der Waals surface area contributed by atoms with E-state index in [1.165, 1.54) is 11.0 Å². The molecule has 0 aliphatic carbocycles. The third kappa shape index (κ3) is 2.84. The molecule has 0 spiro atoms. The fourth-order valence-corrected chi connectivity index (χ4v) is 4.17. The van der Waals surface area contributed by atoms with Gasteiger partial charge in [-0.2, -0.15) is 5.10 Å². The number of benzene rings is 1. The van der Waals surface area contributed by atoms with Crippen molar-refractivity contribution in [3.8, 4) is 0 Å². The zero-order chi connectivity index (χ0) is 15.6. The van der Waals surface area contributed by atoms with Crippen LogP contribution in [0.25, 0.3) is 10.2 Å². The highest BCUT2D eigenvalue weighted by Gasteiger charge is 2.31. The molecule has 118 valence electrons. The maximum Gasteiger partial charge on any atom is 0.225 e. The molecule has 1 amide bonds. The number of fused-ring (bicyclic) bond motifs is 1. The number of carbonyl (C=O) groups excluding carboxylic acids is 1. The molecular weight excluding hydrogens is 310 g/mol. The van der Waals surface area contributed by atoms with E-state index < -0.39 is 0 Å². The van der Waals surface area contributed by atoms with Crippen LogP contribution in [0.15, 0.2) is 36.9 Å². The molecule has 0 N–H and O–H groups in total. The Morgan fingerprint density at radius 2 is 2.26 bits per heavy atom. The number of amides is 1. The number of aryl methyl sites for hydroxylation is 1. The Balaban J connectivity index is 1.50. The topological polar surface area (TPSA) is 63.9 Å². The molecule has 7 heteroatoms. The summed E-state index contributed by atoms with van der Waals surface area (Å²) in [6, 6.07) is 8.26. The predicted octanol–water partition coefficient (Wildman–Crippen LogP) is 2.64. The largest absolute Gasteiger partial charge is 0.333 e. The van der Waals surface area contributed by atoms with Crippen LogP contribution in [0.4, 0.5) is 0 Å². The molecule has 0 radical (unpaired) electrons. The molecule has 23 heavy (non-hydrogen) atoms. The highest BCUT2D eigenvalue weighted by Crippen LogP contribution is 2.36. The van der Waals surface area contributed by atoms with Gasteiger partial charge < -0.3 is 4.90 Å². The van der Waals surface area contributed by atoms with E-state index in [1.807, 2.05) is 23.1 Å². The van der Waals surface area contributed by atoms with Crippen LogP contribution in [0.3, 0.4) is 0 Å². The minimum Gasteiger partial charge on any atom is -0.333 e. The number of likely N-dealkylation sites (tertiary alicyclic amines) is 1. The first kappa shape index (κ1) is 14.3. The predicted molar refractivity (Wildman–Crippen MR) is 87.9 cm³/mol. The van der Waals surface area contributed by atoms with Crippen LogP contribution in [-0.2, 0) is 11.3 Å². The fraction of sp³-hybridized carbons (Fsp3) is 0.375. The van der Waals surface area contributed by atoms with E-state index in [2.05, 4.69) is 16.1 Å². The van der Waals surface area contributed by atoms with E-state index in [0.717, 1.165) is 29.9 Å². The summed E-state index contributed by atoms with van der Waals surface area (Å²) in [6.45, 7) is 1.39. The van der Waals surface area contributed by atoms with Crippen molar-refractivity contribution in [3.63, 3.8) is 0 Å². The van der Waals surface area contributed by atoms with Gasteiger partial charge in [-0.1, -0.05) is 12.1 Å². The van der Waals surface area contributed by atoms with Gasteiger partial charge >= 0.3 is 0 Å². The number of hydrogen-bond acceptors (Lipinski definition) is 5. The summed E-state index contributed by atoms with van der Waals surface area (Å²) in [6.07, 6.45) is 5.61. The zero-order valence-corrected chi connectivity index (χ0v) is 13.4. The normalized spacial score (nSPS) is 17.9. The van der Waals surface area contributed by atoms with Gasteiger partial charge in [0.15, 0.2) is 0 Å². The van der Waals surface area contributed by atoms with E-state index >= 15 is 0 Å². The summed E-state index contributed by atoms with van der Waals surface area (Å²) in [4.78, 5) is 23.2. The zero-order valence-electron chi connectivity index (χ0n) is 12.6. The van der Waals surface area contributed by atoms with Crippen molar-refractivity contribution in [3.05, 3.63) is 41.9 Å². The fourth-order valence-electron chi connectivity index (χ4n) is 3.06. The van der Waals surface area contributed by atoms with Crippen molar-refractivity contribution >= 4 is 27.5 Å². The summed E-state index contributed by atoms with van der Waals surface area (Å²) in [5, 5.41) is 5.10. The molecule has 2 aromatic heterocycles. The number of nitrogens with zero attached hydrogens (tertiary/aromatic N) is 5. The van der Waals surface area contributed by atoms with Crippen molar-refractivity contribution in [2.45, 2.75) is 31.8 Å². The lowest BCUT2D eigenvalue weighted by atomic mass is 10.2. The summed E-state index contributed by atoms with van der Waals surface area (Å²) in [5.41, 5.74) is 1.02. The first-order chi connectivity index (χ1) is 11.3. The van der Waals surface area contributed by atoms with E-state index in [9.17, 15) is 4.79 Å². The van der Waals surface area contributed by atoms with E-state index in [-0.39, 0.29) is 11.9 Å². The summed E-state index contributed by atoms with van der Waals surface area (Å²) in [5.74, 6) is 0.169. The Kier molecular flexibility index (Phi) is 3.78. The summed E-state index contributed by atoms with van der Waals surface area (Å²) in [7, 11) is 0. The number of para-hydroxylation sites is 1. The van der Waals surface area contributed by atoms with Gasteiger partial charge in [0.05, 0.1) is 22.8 Å². The Hall–Kier alpha value is -2.28. The van der Waals surface area contributed by atoms with Gasteiger partial charge in [0.1, 0.15) is 17.7 Å². The van der Waals surface area contributed by atoms with Gasteiger partial charge in [0, 0.05) is 13.0 Å². The Labute approximate surface area is 137 Å². The molecule has 3 heterocycles. The first-order valence-corrected chi connectivity index (χ1v) is 8.60. The van der Waals surface area contributed by atoms with Crippen LogP contribution in [-0.4, -0.2) is 37.1 Å². The average molecular weight is 327 g/mol. The molecule has 4 rings (SSSR count). The van der Waals surface area contributed by atoms with Crippen molar-refractivity contribution in [2.75, 3.05) is 6.54 Å². The van der Waals surface area contributed by atoms with Crippen LogP contribution in [0.2, 0.25) is 0 Å². The van der Waals surface area contributed by atoms with E-state index in [1.54, 1.807) is 22.3 Å². The molecular formula is C16H17N5OS. The van der Waals surface area contributed by atoms with Gasteiger partial charge in [-0.15, -0.1) is 11.3 Å². The van der Waals surface area contributed by atoms with Crippen LogP contribution in [0.5, 0.6) is 0 Å². The lowest BCUT2D eigenvalue weighted by molar-refractivity contribution is -0.132. The first-order valence-electron chi connectivity index (χ1n) is 7.78. The lowest BCUT2D eigenvalue weighted by Crippen LogP contribution is -2.31. The van der Waals surface area contributed by atoms with Gasteiger partial charge in [-0.05, 0) is 25.0 Å². The third-order valence-electron chi connectivity index (χ3n) is 4.19. The number of carbonyl (C=O) groups is 1. The Bertz CT molecular complexity index is 780. The maximum atomic E-state index is 12.6. The highest BCUT2D eigenvalue weighted by molar-refractivity contribution is 7.18. The average Bonchev–Trinajstić information content (AvgIpc) is 3.31. The minimum atomic E-state index is 0.121. The van der Waals surface area contributed by atoms with Gasteiger partial charge in [-0.3, -0.25) is 9.48 Å². The van der Waals surface area contributed by atoms with E-state index in [4.69, 9.17) is 4.98 Å². The van der Waals surface area contributed by atoms with Crippen LogP contribution < -0.4 is 0 Å². The van der Waals surface area contributed by atoms with Gasteiger partial charge in [0.25, 0.3) is 0 Å². The second-order valence-corrected chi connectivity index (χ2v) is 6.74. The van der Waals surface area contributed by atoms with Crippen molar-refractivity contribution in [2.24, 2.45) is 0 Å². The maximum absolute atomic E-state index is 12.6. The second kappa shape index (κ2) is 6.08. The molecule has 1 atom stereocenters. The SMILES string of the molecule is O=C(CCn1cncn1)N1CCCC1c1nc2ccccc2s1. The molecule has 6 nitrogen and oxygen atoms in total. The molecule has 1 fully saturated rings. The standard InChI is InChI=1S/C16H17N5OS/c22-15(7-9-20-11-17-10-18-20)21-8-3-5-13(21)16-19-12-4-1-2-6-14(12)23-16/h1-2,4,6,10-11,13H,3,5,7-9H2. The van der Waals surface area contributed by atoms with Crippen molar-refractivity contribution < 1.29 is 4.79 Å². The number of aromatic nitrogens is 4. The molecule has 1 aliphatic heterocycles. The Morgan fingerprint density at radius 3 is 3.09 bits per heavy atom. The van der Waals surface area contributed by atoms with Crippen LogP contribution in [0, 0.1) is 0 Å². The Morgan fingerprint density at radius 1 is 1.35 bits per heavy atom. The van der Waals surface area contributed by atoms with Crippen LogP contribution in [0.1, 0.15) is 30.3 Å². The number of thiazole rings is 1. The van der Waals surface area contributed by atoms with Crippen molar-refractivity contribution in [1.82, 2.24) is 24.6 Å². The van der Waals surface area contributed by atoms with Crippen LogP contribution >= 0.6 is 11.3 Å². The van der Waals surface area contributed by atoms with Gasteiger partial charge in [-0.25, -0.2) is 9.97 Å². The van der Waals surface area contributed by atoms with Crippen molar-refractivity contribution in [1.29, 1.82) is 0 Å². The highest BCUT2D eigenvalue weighted by atomic mass is 32.1. The second-order valence-electron chi connectivity index (χ2n) is 5.67. The number of hydrogen-bond donors (Lipinski definition) is 0. The summed E-state index contributed by atoms with van der Waals surface area (Å²) >= 11 is 1.70. The molecule has 1 aromatic carbocycles. The lowest BCUT2D eigenvalue weighted by Gasteiger charge is -2.23. The summed E-state index contributed by atoms with van der Waals surface area (Å²) < 4.78 is 2.88. The molecule has 3 aromatic rings. The minimum absolute atomic E-state index is 0.121. The van der Waals surface area contributed by atoms with E-state index in [0.29, 0.717) is 13.0 Å².